The average molecular weight is 291 g/mol. The second-order valence-electron chi connectivity index (χ2n) is 5.60. The Balaban J connectivity index is 2.06. The molecule has 0 saturated carbocycles. The SMILES string of the molecule is CCCN1CCN(C(CN)c2ccccc2OCC)CC1. The smallest absolute Gasteiger partial charge is 0.124 e. The molecule has 1 aromatic carbocycles. The maximum atomic E-state index is 6.08. The van der Waals surface area contributed by atoms with Crippen LogP contribution in [0.5, 0.6) is 5.75 Å². The van der Waals surface area contributed by atoms with Crippen LogP contribution >= 0.6 is 0 Å². The Kier molecular flexibility index (Phi) is 6.49. The molecule has 1 unspecified atom stereocenters. The largest absolute Gasteiger partial charge is 0.494 e. The molecule has 0 spiro atoms. The van der Waals surface area contributed by atoms with E-state index < -0.39 is 0 Å². The summed E-state index contributed by atoms with van der Waals surface area (Å²) in [7, 11) is 0. The number of hydrogen-bond donors (Lipinski definition) is 1. The maximum Gasteiger partial charge on any atom is 0.124 e. The second-order valence-corrected chi connectivity index (χ2v) is 5.60. The van der Waals surface area contributed by atoms with Crippen molar-refractivity contribution in [2.75, 3.05) is 45.9 Å². The number of benzene rings is 1. The van der Waals surface area contributed by atoms with E-state index in [-0.39, 0.29) is 6.04 Å². The van der Waals surface area contributed by atoms with Gasteiger partial charge in [-0.3, -0.25) is 4.90 Å². The molecule has 2 rings (SSSR count). The van der Waals surface area contributed by atoms with Crippen LogP contribution in [-0.4, -0.2) is 55.7 Å². The molecule has 1 saturated heterocycles. The Morgan fingerprint density at radius 2 is 1.86 bits per heavy atom. The number of para-hydroxylation sites is 1. The highest BCUT2D eigenvalue weighted by Crippen LogP contribution is 2.29. The molecule has 0 radical (unpaired) electrons. The quantitative estimate of drug-likeness (QED) is 0.835. The summed E-state index contributed by atoms with van der Waals surface area (Å²) in [6, 6.07) is 8.57. The number of nitrogens with zero attached hydrogens (tertiary/aromatic N) is 2. The van der Waals surface area contributed by atoms with Gasteiger partial charge in [-0.25, -0.2) is 0 Å². The molecule has 4 nitrogen and oxygen atoms in total. The minimum Gasteiger partial charge on any atom is -0.494 e. The molecule has 2 N–H and O–H groups in total. The van der Waals surface area contributed by atoms with Gasteiger partial charge in [0, 0.05) is 38.3 Å². The molecule has 1 fully saturated rings. The molecule has 0 amide bonds. The zero-order valence-corrected chi connectivity index (χ0v) is 13.4. The predicted molar refractivity (Wildman–Crippen MR) is 87.7 cm³/mol. The molecule has 1 aliphatic heterocycles. The van der Waals surface area contributed by atoms with Crippen molar-refractivity contribution in [3.63, 3.8) is 0 Å². The zero-order chi connectivity index (χ0) is 15.1. The first-order valence-corrected chi connectivity index (χ1v) is 8.18. The molecule has 1 aliphatic rings. The highest BCUT2D eigenvalue weighted by molar-refractivity contribution is 5.36. The Morgan fingerprint density at radius 1 is 1.14 bits per heavy atom. The first-order chi connectivity index (χ1) is 10.3. The van der Waals surface area contributed by atoms with Crippen LogP contribution in [0.4, 0.5) is 0 Å². The summed E-state index contributed by atoms with van der Waals surface area (Å²) in [5, 5.41) is 0. The topological polar surface area (TPSA) is 41.7 Å². The van der Waals surface area contributed by atoms with Crippen LogP contribution in [0, 0.1) is 0 Å². The lowest BCUT2D eigenvalue weighted by molar-refractivity contribution is 0.0972. The summed E-state index contributed by atoms with van der Waals surface area (Å²) in [5.74, 6) is 0.978. The van der Waals surface area contributed by atoms with E-state index in [2.05, 4.69) is 34.9 Å². The number of hydrogen-bond acceptors (Lipinski definition) is 4. The first-order valence-electron chi connectivity index (χ1n) is 8.18. The Labute approximate surface area is 128 Å². The van der Waals surface area contributed by atoms with Crippen molar-refractivity contribution in [1.29, 1.82) is 0 Å². The van der Waals surface area contributed by atoms with Crippen molar-refractivity contribution >= 4 is 0 Å². The highest BCUT2D eigenvalue weighted by Gasteiger charge is 2.25. The minimum atomic E-state index is 0.261. The summed E-state index contributed by atoms with van der Waals surface area (Å²) in [6.07, 6.45) is 1.23. The van der Waals surface area contributed by atoms with Crippen molar-refractivity contribution in [3.8, 4) is 5.75 Å². The molecule has 0 aromatic heterocycles. The molecule has 4 heteroatoms. The van der Waals surface area contributed by atoms with Gasteiger partial charge in [0.15, 0.2) is 0 Å². The Bertz CT molecular complexity index is 416. The van der Waals surface area contributed by atoms with Gasteiger partial charge in [-0.1, -0.05) is 25.1 Å². The first kappa shape index (κ1) is 16.3. The van der Waals surface area contributed by atoms with E-state index in [4.69, 9.17) is 10.5 Å². The molecule has 1 atom stereocenters. The molecule has 118 valence electrons. The number of rotatable bonds is 7. The minimum absolute atomic E-state index is 0.261. The fraction of sp³-hybridized carbons (Fsp3) is 0.647. The third kappa shape index (κ3) is 4.19. The second kappa shape index (κ2) is 8.37. The summed E-state index contributed by atoms with van der Waals surface area (Å²) in [6.45, 7) is 11.3. The van der Waals surface area contributed by atoms with Gasteiger partial charge in [0.05, 0.1) is 12.6 Å². The van der Waals surface area contributed by atoms with Crippen molar-refractivity contribution < 1.29 is 4.74 Å². The van der Waals surface area contributed by atoms with Crippen LogP contribution in [-0.2, 0) is 0 Å². The molecular weight excluding hydrogens is 262 g/mol. The van der Waals surface area contributed by atoms with Crippen LogP contribution in [0.25, 0.3) is 0 Å². The van der Waals surface area contributed by atoms with E-state index in [1.807, 2.05) is 13.0 Å². The summed E-state index contributed by atoms with van der Waals surface area (Å²) in [4.78, 5) is 5.04. The van der Waals surface area contributed by atoms with Crippen LogP contribution in [0.2, 0.25) is 0 Å². The summed E-state index contributed by atoms with van der Waals surface area (Å²) < 4.78 is 5.78. The molecule has 0 aliphatic carbocycles. The lowest BCUT2D eigenvalue weighted by atomic mass is 10.0. The van der Waals surface area contributed by atoms with E-state index in [9.17, 15) is 0 Å². The van der Waals surface area contributed by atoms with E-state index in [1.54, 1.807) is 0 Å². The van der Waals surface area contributed by atoms with Crippen molar-refractivity contribution in [2.45, 2.75) is 26.3 Å². The maximum absolute atomic E-state index is 6.08. The lowest BCUT2D eigenvalue weighted by Gasteiger charge is -2.39. The standard InChI is InChI=1S/C17H29N3O/c1-3-9-19-10-12-20(13-11-19)16(14-18)15-7-5-6-8-17(15)21-4-2/h5-8,16H,3-4,9-14,18H2,1-2H3. The average Bonchev–Trinajstić information content (AvgIpc) is 2.52. The number of piperazine rings is 1. The normalized spacial score (nSPS) is 18.6. The molecule has 1 aromatic rings. The van der Waals surface area contributed by atoms with Gasteiger partial charge in [-0.05, 0) is 26.0 Å². The van der Waals surface area contributed by atoms with Gasteiger partial charge in [-0.2, -0.15) is 0 Å². The van der Waals surface area contributed by atoms with E-state index in [1.165, 1.54) is 18.5 Å². The third-order valence-corrected chi connectivity index (χ3v) is 4.19. The summed E-state index contributed by atoms with van der Waals surface area (Å²) in [5.41, 5.74) is 7.31. The monoisotopic (exact) mass is 291 g/mol. The van der Waals surface area contributed by atoms with Gasteiger partial charge >= 0.3 is 0 Å². The molecule has 0 bridgehead atoms. The van der Waals surface area contributed by atoms with Crippen molar-refractivity contribution in [3.05, 3.63) is 29.8 Å². The zero-order valence-electron chi connectivity index (χ0n) is 13.4. The van der Waals surface area contributed by atoms with E-state index >= 15 is 0 Å². The van der Waals surface area contributed by atoms with Gasteiger partial charge in [0.1, 0.15) is 5.75 Å². The third-order valence-electron chi connectivity index (χ3n) is 4.19. The molecule has 1 heterocycles. The van der Waals surface area contributed by atoms with Gasteiger partial charge in [0.25, 0.3) is 0 Å². The van der Waals surface area contributed by atoms with Gasteiger partial charge in [0.2, 0.25) is 0 Å². The number of ether oxygens (including phenoxy) is 1. The number of nitrogens with two attached hydrogens (primary N) is 1. The fourth-order valence-corrected chi connectivity index (χ4v) is 3.13. The fourth-order valence-electron chi connectivity index (χ4n) is 3.13. The highest BCUT2D eigenvalue weighted by atomic mass is 16.5. The van der Waals surface area contributed by atoms with Crippen LogP contribution in [0.1, 0.15) is 31.9 Å². The molecular formula is C17H29N3O. The Morgan fingerprint density at radius 3 is 2.48 bits per heavy atom. The molecule has 21 heavy (non-hydrogen) atoms. The van der Waals surface area contributed by atoms with E-state index in [0.29, 0.717) is 13.2 Å². The van der Waals surface area contributed by atoms with Crippen molar-refractivity contribution in [2.24, 2.45) is 5.73 Å². The van der Waals surface area contributed by atoms with Gasteiger partial charge in [-0.15, -0.1) is 0 Å². The van der Waals surface area contributed by atoms with Crippen molar-refractivity contribution in [1.82, 2.24) is 9.80 Å². The van der Waals surface area contributed by atoms with Crippen LogP contribution < -0.4 is 10.5 Å². The van der Waals surface area contributed by atoms with Gasteiger partial charge < -0.3 is 15.4 Å². The van der Waals surface area contributed by atoms with Crippen LogP contribution in [0.15, 0.2) is 24.3 Å². The summed E-state index contributed by atoms with van der Waals surface area (Å²) >= 11 is 0. The Hall–Kier alpha value is -1.10. The van der Waals surface area contributed by atoms with Crippen LogP contribution in [0.3, 0.4) is 0 Å². The lowest BCUT2D eigenvalue weighted by Crippen LogP contribution is -2.49. The predicted octanol–water partition coefficient (Wildman–Crippen LogP) is 2.11. The van der Waals surface area contributed by atoms with E-state index in [0.717, 1.165) is 31.9 Å².